The van der Waals surface area contributed by atoms with Gasteiger partial charge >= 0.3 is 0 Å². The highest BCUT2D eigenvalue weighted by Crippen LogP contribution is 2.20. The van der Waals surface area contributed by atoms with Gasteiger partial charge in [-0.15, -0.1) is 0 Å². The van der Waals surface area contributed by atoms with Crippen LogP contribution in [0.3, 0.4) is 0 Å². The van der Waals surface area contributed by atoms with Crippen LogP contribution >= 0.6 is 0 Å². The fourth-order valence-electron chi connectivity index (χ4n) is 2.40. The number of carbonyl (C=O) groups is 5. The van der Waals surface area contributed by atoms with E-state index in [2.05, 4.69) is 5.32 Å². The van der Waals surface area contributed by atoms with Gasteiger partial charge in [0.25, 0.3) is 5.91 Å². The number of nitrogens with one attached hydrogen (secondary N) is 1. The lowest BCUT2D eigenvalue weighted by Crippen LogP contribution is -2.65. The van der Waals surface area contributed by atoms with Gasteiger partial charge in [0.15, 0.2) is 0 Å². The van der Waals surface area contributed by atoms with E-state index in [0.717, 1.165) is 4.90 Å². The fraction of sp³-hybridized carbons (Fsp3) is 0.615. The number of nitrogens with zero attached hydrogens (tertiary/aromatic N) is 2. The van der Waals surface area contributed by atoms with Crippen LogP contribution in [-0.4, -0.2) is 58.0 Å². The van der Waals surface area contributed by atoms with E-state index in [1.807, 2.05) is 0 Å². The highest BCUT2D eigenvalue weighted by Gasteiger charge is 2.43. The van der Waals surface area contributed by atoms with E-state index < -0.39 is 23.3 Å². The summed E-state index contributed by atoms with van der Waals surface area (Å²) < 4.78 is 0. The largest absolute Gasteiger partial charge is 0.319 e. The number of amides is 5. The van der Waals surface area contributed by atoms with E-state index in [-0.39, 0.29) is 44.2 Å². The number of hydrogen-bond acceptors (Lipinski definition) is 5. The van der Waals surface area contributed by atoms with Gasteiger partial charge in [0.1, 0.15) is 12.1 Å². The summed E-state index contributed by atoms with van der Waals surface area (Å²) in [6, 6.07) is 0. The van der Waals surface area contributed by atoms with Crippen LogP contribution in [0.2, 0.25) is 0 Å². The predicted molar refractivity (Wildman–Crippen MR) is 69.5 cm³/mol. The monoisotopic (exact) mass is 295 g/mol. The summed E-state index contributed by atoms with van der Waals surface area (Å²) in [5.41, 5.74) is -1.13. The Hall–Kier alpha value is -2.25. The standard InChI is InChI=1S/C13H17N3O5/c1-13(2)12(21)14-8(17)7-16(13)11(20)5-6-15-9(18)3-4-10(15)19/h3-7H2,1-2H3,(H,14,17,21). The molecule has 2 fully saturated rings. The van der Waals surface area contributed by atoms with Crippen molar-refractivity contribution in [1.82, 2.24) is 15.1 Å². The summed E-state index contributed by atoms with van der Waals surface area (Å²) in [4.78, 5) is 60.5. The van der Waals surface area contributed by atoms with Gasteiger partial charge < -0.3 is 4.90 Å². The zero-order chi connectivity index (χ0) is 15.8. The summed E-state index contributed by atoms with van der Waals surface area (Å²) in [7, 11) is 0. The normalized spacial score (nSPS) is 21.8. The highest BCUT2D eigenvalue weighted by atomic mass is 16.2. The molecule has 8 heteroatoms. The molecule has 2 heterocycles. The molecule has 0 radical (unpaired) electrons. The molecule has 2 aliphatic heterocycles. The number of rotatable bonds is 3. The number of imide groups is 2. The smallest absolute Gasteiger partial charge is 0.252 e. The third-order valence-corrected chi connectivity index (χ3v) is 3.79. The molecule has 0 aromatic rings. The summed E-state index contributed by atoms with van der Waals surface area (Å²) in [5.74, 6) is -2.10. The maximum absolute atomic E-state index is 12.2. The lowest BCUT2D eigenvalue weighted by Gasteiger charge is -2.40. The molecule has 2 aliphatic rings. The molecular weight excluding hydrogens is 278 g/mol. The molecule has 21 heavy (non-hydrogen) atoms. The van der Waals surface area contributed by atoms with Crippen LogP contribution in [0.25, 0.3) is 0 Å². The molecule has 0 aliphatic carbocycles. The van der Waals surface area contributed by atoms with Gasteiger partial charge in [-0.25, -0.2) is 0 Å². The van der Waals surface area contributed by atoms with Gasteiger partial charge in [0.05, 0.1) is 0 Å². The average molecular weight is 295 g/mol. The number of hydrogen-bond donors (Lipinski definition) is 1. The van der Waals surface area contributed by atoms with Crippen LogP contribution in [0.4, 0.5) is 0 Å². The van der Waals surface area contributed by atoms with E-state index in [0.29, 0.717) is 0 Å². The molecule has 2 rings (SSSR count). The number of likely N-dealkylation sites (tertiary alicyclic amines) is 1. The van der Waals surface area contributed by atoms with E-state index in [1.165, 1.54) is 4.90 Å². The Morgan fingerprint density at radius 2 is 1.71 bits per heavy atom. The SMILES string of the molecule is CC1(C)C(=O)NC(=O)CN1C(=O)CCN1C(=O)CCC1=O. The first-order valence-electron chi connectivity index (χ1n) is 6.71. The van der Waals surface area contributed by atoms with Crippen LogP contribution < -0.4 is 5.32 Å². The van der Waals surface area contributed by atoms with Crippen LogP contribution in [0, 0.1) is 0 Å². The lowest BCUT2D eigenvalue weighted by molar-refractivity contribution is -0.156. The van der Waals surface area contributed by atoms with Crippen molar-refractivity contribution in [2.75, 3.05) is 13.1 Å². The summed E-state index contributed by atoms with van der Waals surface area (Å²) in [6.07, 6.45) is 0.244. The summed E-state index contributed by atoms with van der Waals surface area (Å²) >= 11 is 0. The van der Waals surface area contributed by atoms with Gasteiger partial charge in [0.2, 0.25) is 23.6 Å². The topological polar surface area (TPSA) is 104 Å². The quantitative estimate of drug-likeness (QED) is 0.658. The molecule has 0 bridgehead atoms. The third kappa shape index (κ3) is 2.79. The zero-order valence-corrected chi connectivity index (χ0v) is 12.0. The average Bonchev–Trinajstić information content (AvgIpc) is 2.71. The molecule has 0 spiro atoms. The molecule has 0 aromatic carbocycles. The molecular formula is C13H17N3O5. The second-order valence-corrected chi connectivity index (χ2v) is 5.61. The van der Waals surface area contributed by atoms with Crippen molar-refractivity contribution in [3.8, 4) is 0 Å². The fourth-order valence-corrected chi connectivity index (χ4v) is 2.40. The molecule has 0 aromatic heterocycles. The second kappa shape index (κ2) is 5.27. The minimum Gasteiger partial charge on any atom is -0.319 e. The lowest BCUT2D eigenvalue weighted by atomic mass is 9.98. The Labute approximate surface area is 121 Å². The number of piperazine rings is 1. The van der Waals surface area contributed by atoms with Crippen LogP contribution in [0.1, 0.15) is 33.1 Å². The van der Waals surface area contributed by atoms with Crippen molar-refractivity contribution in [1.29, 1.82) is 0 Å². The third-order valence-electron chi connectivity index (χ3n) is 3.79. The molecule has 2 saturated heterocycles. The summed E-state index contributed by atoms with van der Waals surface area (Å²) in [6.45, 7) is 2.86. The van der Waals surface area contributed by atoms with E-state index in [4.69, 9.17) is 0 Å². The Balaban J connectivity index is 2.02. The molecule has 0 atom stereocenters. The Bertz CT molecular complexity index is 524. The number of carbonyl (C=O) groups excluding carboxylic acids is 5. The van der Waals surface area contributed by atoms with Gasteiger partial charge in [-0.05, 0) is 13.8 Å². The molecule has 5 amide bonds. The van der Waals surface area contributed by atoms with Crippen molar-refractivity contribution < 1.29 is 24.0 Å². The molecule has 0 unspecified atom stereocenters. The van der Waals surface area contributed by atoms with Crippen LogP contribution in [0.5, 0.6) is 0 Å². The predicted octanol–water partition coefficient (Wildman–Crippen LogP) is -1.21. The Morgan fingerprint density at radius 1 is 1.14 bits per heavy atom. The van der Waals surface area contributed by atoms with Crippen molar-refractivity contribution in [3.63, 3.8) is 0 Å². The van der Waals surface area contributed by atoms with Gasteiger partial charge in [-0.2, -0.15) is 0 Å². The molecule has 0 saturated carbocycles. The Morgan fingerprint density at radius 3 is 2.29 bits per heavy atom. The van der Waals surface area contributed by atoms with E-state index in [1.54, 1.807) is 13.8 Å². The van der Waals surface area contributed by atoms with Crippen molar-refractivity contribution in [3.05, 3.63) is 0 Å². The van der Waals surface area contributed by atoms with Crippen molar-refractivity contribution in [2.45, 2.75) is 38.6 Å². The van der Waals surface area contributed by atoms with Crippen LogP contribution in [-0.2, 0) is 24.0 Å². The highest BCUT2D eigenvalue weighted by molar-refractivity contribution is 6.06. The maximum Gasteiger partial charge on any atom is 0.252 e. The Kier molecular flexibility index (Phi) is 3.80. The maximum atomic E-state index is 12.2. The molecule has 1 N–H and O–H groups in total. The first-order valence-corrected chi connectivity index (χ1v) is 6.71. The van der Waals surface area contributed by atoms with Crippen molar-refractivity contribution >= 4 is 29.5 Å². The minimum absolute atomic E-state index is 0.0150. The van der Waals surface area contributed by atoms with Gasteiger partial charge in [0, 0.05) is 25.8 Å². The van der Waals surface area contributed by atoms with E-state index in [9.17, 15) is 24.0 Å². The summed E-state index contributed by atoms with van der Waals surface area (Å²) in [5, 5.41) is 2.18. The molecule has 114 valence electrons. The second-order valence-electron chi connectivity index (χ2n) is 5.61. The first-order chi connectivity index (χ1) is 9.73. The van der Waals surface area contributed by atoms with Crippen molar-refractivity contribution in [2.24, 2.45) is 0 Å². The van der Waals surface area contributed by atoms with Gasteiger partial charge in [-0.1, -0.05) is 0 Å². The van der Waals surface area contributed by atoms with Gasteiger partial charge in [-0.3, -0.25) is 34.2 Å². The first kappa shape index (κ1) is 15.1. The molecule has 8 nitrogen and oxygen atoms in total. The van der Waals surface area contributed by atoms with Crippen LogP contribution in [0.15, 0.2) is 0 Å². The zero-order valence-electron chi connectivity index (χ0n) is 12.0. The van der Waals surface area contributed by atoms with E-state index >= 15 is 0 Å². The minimum atomic E-state index is -1.13.